The number of nitrogen functional groups attached to an aromatic ring is 1. The Morgan fingerprint density at radius 2 is 2.06 bits per heavy atom. The number of nitriles is 1. The third-order valence-corrected chi connectivity index (χ3v) is 2.34. The van der Waals surface area contributed by atoms with E-state index in [0.717, 1.165) is 0 Å². The molecule has 0 spiro atoms. The first kappa shape index (κ1) is 12.5. The van der Waals surface area contributed by atoms with Crippen LogP contribution in [0.4, 0.5) is 5.69 Å². The molecule has 16 heavy (non-hydrogen) atoms. The van der Waals surface area contributed by atoms with Crippen LogP contribution < -0.4 is 11.5 Å². The van der Waals surface area contributed by atoms with E-state index in [9.17, 15) is 10.2 Å². The number of rotatable bonds is 4. The standard InChI is InChI=1S/C11H15N3O2/c12-4-3-10(15)11(16)9-5-8(14)2-1-7(9)6-13/h1-2,5,10-11,15-16H,3-4,12,14H2. The monoisotopic (exact) mass is 221 g/mol. The van der Waals surface area contributed by atoms with E-state index in [-0.39, 0.29) is 13.0 Å². The Labute approximate surface area is 93.9 Å². The molecule has 0 radical (unpaired) electrons. The van der Waals surface area contributed by atoms with Crippen LogP contribution in [0.25, 0.3) is 0 Å². The zero-order valence-electron chi connectivity index (χ0n) is 8.80. The Kier molecular flexibility index (Phi) is 4.26. The molecule has 0 aliphatic heterocycles. The van der Waals surface area contributed by atoms with Gasteiger partial charge in [-0.15, -0.1) is 0 Å². The average Bonchev–Trinajstić information content (AvgIpc) is 2.28. The summed E-state index contributed by atoms with van der Waals surface area (Å²) in [6, 6.07) is 6.52. The van der Waals surface area contributed by atoms with Crippen LogP contribution >= 0.6 is 0 Å². The van der Waals surface area contributed by atoms with Crippen molar-refractivity contribution in [2.45, 2.75) is 18.6 Å². The summed E-state index contributed by atoms with van der Waals surface area (Å²) in [5, 5.41) is 28.3. The number of hydrogen-bond donors (Lipinski definition) is 4. The lowest BCUT2D eigenvalue weighted by molar-refractivity contribution is 0.0149. The molecular formula is C11H15N3O2. The number of nitrogens with zero attached hydrogens (tertiary/aromatic N) is 1. The first-order valence-electron chi connectivity index (χ1n) is 4.96. The molecular weight excluding hydrogens is 206 g/mol. The third kappa shape index (κ3) is 2.70. The van der Waals surface area contributed by atoms with Gasteiger partial charge in [0.25, 0.3) is 0 Å². The Balaban J connectivity index is 3.02. The van der Waals surface area contributed by atoms with Crippen LogP contribution in [0, 0.1) is 11.3 Å². The fourth-order valence-corrected chi connectivity index (χ4v) is 1.46. The quantitative estimate of drug-likeness (QED) is 0.529. The van der Waals surface area contributed by atoms with Gasteiger partial charge in [0.2, 0.25) is 0 Å². The van der Waals surface area contributed by atoms with Gasteiger partial charge >= 0.3 is 0 Å². The number of aliphatic hydroxyl groups excluding tert-OH is 2. The van der Waals surface area contributed by atoms with Gasteiger partial charge in [0.1, 0.15) is 6.10 Å². The van der Waals surface area contributed by atoms with Crippen molar-refractivity contribution in [1.82, 2.24) is 0 Å². The summed E-state index contributed by atoms with van der Waals surface area (Å²) in [5.41, 5.74) is 11.9. The number of benzene rings is 1. The van der Waals surface area contributed by atoms with Gasteiger partial charge < -0.3 is 21.7 Å². The number of anilines is 1. The average molecular weight is 221 g/mol. The van der Waals surface area contributed by atoms with Gasteiger partial charge in [0, 0.05) is 11.3 Å². The maximum absolute atomic E-state index is 9.84. The summed E-state index contributed by atoms with van der Waals surface area (Å²) < 4.78 is 0. The molecule has 0 saturated heterocycles. The number of aliphatic hydroxyl groups is 2. The fourth-order valence-electron chi connectivity index (χ4n) is 1.46. The lowest BCUT2D eigenvalue weighted by Gasteiger charge is -2.18. The molecule has 1 aromatic rings. The van der Waals surface area contributed by atoms with E-state index in [1.54, 1.807) is 6.07 Å². The molecule has 5 heteroatoms. The largest absolute Gasteiger partial charge is 0.399 e. The van der Waals surface area contributed by atoms with Crippen LogP contribution in [0.1, 0.15) is 23.7 Å². The second-order valence-corrected chi connectivity index (χ2v) is 3.55. The molecule has 1 rings (SSSR count). The first-order chi connectivity index (χ1) is 7.60. The van der Waals surface area contributed by atoms with Crippen LogP contribution in [-0.2, 0) is 0 Å². The predicted octanol–water partition coefficient (Wildman–Crippen LogP) is -0.116. The van der Waals surface area contributed by atoms with E-state index in [2.05, 4.69) is 0 Å². The Hall–Kier alpha value is -1.61. The van der Waals surface area contributed by atoms with E-state index in [1.165, 1.54) is 12.1 Å². The zero-order valence-corrected chi connectivity index (χ0v) is 8.80. The zero-order chi connectivity index (χ0) is 12.1. The van der Waals surface area contributed by atoms with Crippen LogP contribution in [0.5, 0.6) is 0 Å². The van der Waals surface area contributed by atoms with Crippen molar-refractivity contribution < 1.29 is 10.2 Å². The van der Waals surface area contributed by atoms with Crippen molar-refractivity contribution in [3.8, 4) is 6.07 Å². The Morgan fingerprint density at radius 3 is 2.62 bits per heavy atom. The molecule has 86 valence electrons. The van der Waals surface area contributed by atoms with Gasteiger partial charge in [-0.3, -0.25) is 0 Å². The number of nitrogens with two attached hydrogens (primary N) is 2. The van der Waals surface area contributed by atoms with Crippen LogP contribution in [-0.4, -0.2) is 22.9 Å². The topological polar surface area (TPSA) is 116 Å². The highest BCUT2D eigenvalue weighted by Crippen LogP contribution is 2.24. The summed E-state index contributed by atoms with van der Waals surface area (Å²) >= 11 is 0. The van der Waals surface area contributed by atoms with E-state index in [1.807, 2.05) is 6.07 Å². The summed E-state index contributed by atoms with van der Waals surface area (Å²) in [7, 11) is 0. The highest BCUT2D eigenvalue weighted by Gasteiger charge is 2.20. The van der Waals surface area contributed by atoms with E-state index >= 15 is 0 Å². The van der Waals surface area contributed by atoms with E-state index in [0.29, 0.717) is 16.8 Å². The minimum absolute atomic E-state index is 0.265. The molecule has 0 heterocycles. The number of hydrogen-bond acceptors (Lipinski definition) is 5. The summed E-state index contributed by atoms with van der Waals surface area (Å²) in [5.74, 6) is 0. The van der Waals surface area contributed by atoms with Crippen LogP contribution in [0.2, 0.25) is 0 Å². The smallest absolute Gasteiger partial charge is 0.106 e. The summed E-state index contributed by atoms with van der Waals surface area (Å²) in [4.78, 5) is 0. The molecule has 2 unspecified atom stereocenters. The fraction of sp³-hybridized carbons (Fsp3) is 0.364. The summed E-state index contributed by atoms with van der Waals surface area (Å²) in [6.07, 6.45) is -1.86. The van der Waals surface area contributed by atoms with Crippen molar-refractivity contribution in [2.24, 2.45) is 5.73 Å². The van der Waals surface area contributed by atoms with Gasteiger partial charge in [0.05, 0.1) is 17.7 Å². The molecule has 2 atom stereocenters. The molecule has 1 aromatic carbocycles. The van der Waals surface area contributed by atoms with Crippen molar-refractivity contribution >= 4 is 5.69 Å². The highest BCUT2D eigenvalue weighted by molar-refractivity contribution is 5.50. The molecule has 0 amide bonds. The second kappa shape index (κ2) is 5.47. The highest BCUT2D eigenvalue weighted by atomic mass is 16.3. The normalized spacial score (nSPS) is 14.1. The van der Waals surface area contributed by atoms with Gasteiger partial charge in [-0.25, -0.2) is 0 Å². The van der Waals surface area contributed by atoms with Crippen molar-refractivity contribution in [1.29, 1.82) is 5.26 Å². The third-order valence-electron chi connectivity index (χ3n) is 2.34. The molecule has 5 nitrogen and oxygen atoms in total. The predicted molar refractivity (Wildman–Crippen MR) is 60.2 cm³/mol. The molecule has 0 saturated carbocycles. The van der Waals surface area contributed by atoms with Gasteiger partial charge in [-0.2, -0.15) is 5.26 Å². The van der Waals surface area contributed by atoms with Crippen LogP contribution in [0.15, 0.2) is 18.2 Å². The Bertz CT molecular complexity index is 401. The van der Waals surface area contributed by atoms with Gasteiger partial charge in [-0.1, -0.05) is 0 Å². The Morgan fingerprint density at radius 1 is 1.38 bits per heavy atom. The van der Waals surface area contributed by atoms with Crippen molar-refractivity contribution in [3.05, 3.63) is 29.3 Å². The van der Waals surface area contributed by atoms with E-state index < -0.39 is 12.2 Å². The molecule has 0 bridgehead atoms. The SMILES string of the molecule is N#Cc1ccc(N)cc1C(O)C(O)CCN. The maximum atomic E-state index is 9.84. The first-order valence-corrected chi connectivity index (χ1v) is 4.96. The summed E-state index contributed by atoms with van der Waals surface area (Å²) in [6.45, 7) is 0.266. The van der Waals surface area contributed by atoms with Gasteiger partial charge in [-0.05, 0) is 31.2 Å². The molecule has 0 aliphatic rings. The molecule has 0 aromatic heterocycles. The van der Waals surface area contributed by atoms with Crippen molar-refractivity contribution in [2.75, 3.05) is 12.3 Å². The molecule has 0 aliphatic carbocycles. The minimum atomic E-state index is -1.14. The molecule has 6 N–H and O–H groups in total. The maximum Gasteiger partial charge on any atom is 0.106 e. The van der Waals surface area contributed by atoms with Gasteiger partial charge in [0.15, 0.2) is 0 Å². The lowest BCUT2D eigenvalue weighted by atomic mass is 9.97. The van der Waals surface area contributed by atoms with E-state index in [4.69, 9.17) is 16.7 Å². The van der Waals surface area contributed by atoms with Crippen LogP contribution in [0.3, 0.4) is 0 Å². The second-order valence-electron chi connectivity index (χ2n) is 3.55. The minimum Gasteiger partial charge on any atom is -0.399 e. The van der Waals surface area contributed by atoms with Crippen molar-refractivity contribution in [3.63, 3.8) is 0 Å². The molecule has 0 fully saturated rings. The lowest BCUT2D eigenvalue weighted by Crippen LogP contribution is -2.22.